The van der Waals surface area contributed by atoms with Crippen molar-refractivity contribution in [2.75, 3.05) is 4.90 Å². The molecule has 2 heterocycles. The van der Waals surface area contributed by atoms with Gasteiger partial charge in [-0.25, -0.2) is 4.99 Å². The van der Waals surface area contributed by atoms with Gasteiger partial charge in [0.05, 0.1) is 5.69 Å². The highest BCUT2D eigenvalue weighted by molar-refractivity contribution is 5.83. The summed E-state index contributed by atoms with van der Waals surface area (Å²) in [6.07, 6.45) is 8.04. The largest absolute Gasteiger partial charge is 0.295 e. The third kappa shape index (κ3) is 7.32. The van der Waals surface area contributed by atoms with Crippen molar-refractivity contribution < 1.29 is 0 Å². The van der Waals surface area contributed by atoms with Crippen molar-refractivity contribution in [1.82, 2.24) is 4.98 Å². The lowest BCUT2D eigenvalue weighted by Gasteiger charge is -2.41. The molecule has 0 atom stereocenters. The Kier molecular flexibility index (Phi) is 10.7. The summed E-state index contributed by atoms with van der Waals surface area (Å²) in [7, 11) is 0. The molecule has 49 heavy (non-hydrogen) atoms. The van der Waals surface area contributed by atoms with Gasteiger partial charge in [-0.05, 0) is 128 Å². The van der Waals surface area contributed by atoms with E-state index in [-0.39, 0.29) is 5.41 Å². The van der Waals surface area contributed by atoms with Crippen LogP contribution in [0.3, 0.4) is 0 Å². The van der Waals surface area contributed by atoms with Crippen LogP contribution >= 0.6 is 0 Å². The monoisotopic (exact) mass is 641 g/mol. The fourth-order valence-corrected chi connectivity index (χ4v) is 6.50. The average molecular weight is 642 g/mol. The van der Waals surface area contributed by atoms with Crippen molar-refractivity contribution >= 4 is 23.7 Å². The molecule has 5 aromatic rings. The molecule has 0 saturated carbocycles. The van der Waals surface area contributed by atoms with Gasteiger partial charge >= 0.3 is 0 Å². The van der Waals surface area contributed by atoms with E-state index in [1.807, 2.05) is 37.3 Å². The first kappa shape index (κ1) is 34.8. The standard InChI is InChI=1S/C40H40N2.C6H7N/c1-9-14-34(27(3)4)35-25-31(18-17-28(35)5)29-19-21-30(22-20-29)32-23-24-38-37(26-32)40(6,7)36(10-2)39(41-8)42(38)33-15-12-11-13-16-33;1-6-4-2-3-5-7-6/h9-26H,2,8H2,1,3-7H3;2-5H,1H3/b14-9-;. The number of nitrogens with zero attached hydrogens (tertiary/aromatic N) is 3. The van der Waals surface area contributed by atoms with Crippen LogP contribution in [0.5, 0.6) is 0 Å². The van der Waals surface area contributed by atoms with Crippen LogP contribution in [0, 0.1) is 13.8 Å². The molecule has 3 heteroatoms. The van der Waals surface area contributed by atoms with Crippen molar-refractivity contribution in [3.63, 3.8) is 0 Å². The lowest BCUT2D eigenvalue weighted by Crippen LogP contribution is -2.33. The Morgan fingerprint density at radius 2 is 1.39 bits per heavy atom. The van der Waals surface area contributed by atoms with E-state index < -0.39 is 0 Å². The summed E-state index contributed by atoms with van der Waals surface area (Å²) in [5.41, 5.74) is 15.2. The zero-order valence-electron chi connectivity index (χ0n) is 30.0. The highest BCUT2D eigenvalue weighted by atomic mass is 15.2. The Bertz CT molecular complexity index is 2040. The van der Waals surface area contributed by atoms with E-state index in [1.54, 1.807) is 6.20 Å². The van der Waals surface area contributed by atoms with Crippen LogP contribution in [-0.4, -0.2) is 11.7 Å². The fraction of sp³-hybridized carbons (Fsp3) is 0.174. The maximum Gasteiger partial charge on any atom is 0.140 e. The summed E-state index contributed by atoms with van der Waals surface area (Å²) in [4.78, 5) is 10.7. The second kappa shape index (κ2) is 15.1. The number of anilines is 2. The van der Waals surface area contributed by atoms with Gasteiger partial charge in [-0.1, -0.05) is 111 Å². The minimum Gasteiger partial charge on any atom is -0.295 e. The number of benzene rings is 4. The van der Waals surface area contributed by atoms with E-state index in [1.165, 1.54) is 50.1 Å². The van der Waals surface area contributed by atoms with E-state index in [4.69, 9.17) is 0 Å². The fourth-order valence-electron chi connectivity index (χ4n) is 6.50. The summed E-state index contributed by atoms with van der Waals surface area (Å²) < 4.78 is 0. The highest BCUT2D eigenvalue weighted by Crippen LogP contribution is 2.49. The number of para-hydroxylation sites is 1. The topological polar surface area (TPSA) is 28.5 Å². The molecule has 0 N–H and O–H groups in total. The van der Waals surface area contributed by atoms with E-state index in [9.17, 15) is 0 Å². The minimum absolute atomic E-state index is 0.289. The summed E-state index contributed by atoms with van der Waals surface area (Å²) in [6, 6.07) is 38.7. The maximum atomic E-state index is 4.49. The molecule has 0 saturated heterocycles. The van der Waals surface area contributed by atoms with E-state index in [2.05, 4.69) is 167 Å². The lowest BCUT2D eigenvalue weighted by molar-refractivity contribution is 0.616. The van der Waals surface area contributed by atoms with E-state index in [0.29, 0.717) is 0 Å². The summed E-state index contributed by atoms with van der Waals surface area (Å²) in [5, 5.41) is 0. The summed E-state index contributed by atoms with van der Waals surface area (Å²) >= 11 is 0. The maximum absolute atomic E-state index is 4.49. The normalized spacial score (nSPS) is 13.3. The van der Waals surface area contributed by atoms with Gasteiger partial charge in [0.2, 0.25) is 0 Å². The highest BCUT2D eigenvalue weighted by Gasteiger charge is 2.38. The number of pyridine rings is 1. The first-order valence-corrected chi connectivity index (χ1v) is 16.8. The third-order valence-corrected chi connectivity index (χ3v) is 9.17. The second-order valence-electron chi connectivity index (χ2n) is 13.1. The molecule has 246 valence electrons. The molecular formula is C46H47N3. The smallest absolute Gasteiger partial charge is 0.140 e. The van der Waals surface area contributed by atoms with Crippen molar-refractivity contribution in [2.24, 2.45) is 4.99 Å². The van der Waals surface area contributed by atoms with Crippen molar-refractivity contribution in [3.8, 4) is 22.3 Å². The van der Waals surface area contributed by atoms with Crippen molar-refractivity contribution in [2.45, 2.75) is 53.9 Å². The minimum atomic E-state index is -0.289. The van der Waals surface area contributed by atoms with Gasteiger partial charge < -0.3 is 0 Å². The molecule has 0 aliphatic carbocycles. The van der Waals surface area contributed by atoms with Crippen LogP contribution in [0.4, 0.5) is 11.4 Å². The van der Waals surface area contributed by atoms with Gasteiger partial charge in [-0.3, -0.25) is 9.88 Å². The summed E-state index contributed by atoms with van der Waals surface area (Å²) in [5.74, 6) is 0.828. The van der Waals surface area contributed by atoms with Gasteiger partial charge in [0.25, 0.3) is 0 Å². The number of hydrogen-bond donors (Lipinski definition) is 0. The first-order valence-electron chi connectivity index (χ1n) is 16.8. The predicted octanol–water partition coefficient (Wildman–Crippen LogP) is 12.6. The lowest BCUT2D eigenvalue weighted by atomic mass is 9.73. The Labute approximate surface area is 293 Å². The van der Waals surface area contributed by atoms with Crippen LogP contribution in [-0.2, 0) is 5.41 Å². The number of aromatic nitrogens is 1. The molecule has 6 rings (SSSR count). The molecular weight excluding hydrogens is 595 g/mol. The average Bonchev–Trinajstić information content (AvgIpc) is 3.11. The molecule has 4 aromatic carbocycles. The number of aryl methyl sites for hydroxylation is 2. The number of aliphatic imine (C=N–C) groups is 1. The zero-order valence-corrected chi connectivity index (χ0v) is 30.0. The molecule has 1 aliphatic rings. The Morgan fingerprint density at radius 3 is 1.92 bits per heavy atom. The zero-order chi connectivity index (χ0) is 35.1. The molecule has 0 amide bonds. The van der Waals surface area contributed by atoms with Gasteiger partial charge in [0, 0.05) is 28.6 Å². The van der Waals surface area contributed by atoms with Crippen molar-refractivity contribution in [3.05, 3.63) is 180 Å². The molecule has 1 aromatic heterocycles. The molecule has 0 spiro atoms. The van der Waals surface area contributed by atoms with Crippen LogP contribution in [0.2, 0.25) is 0 Å². The SMILES string of the molecule is C=CC1=C(N=C)N(c2ccccc2)c2ccc(-c3ccc(-c4ccc(C)c(C(/C=C\C)=C(C)C)c4)cc3)cc2C1(C)C.Cc1ccccn1. The quantitative estimate of drug-likeness (QED) is 0.131. The molecule has 0 radical (unpaired) electrons. The molecule has 0 unspecified atom stereocenters. The van der Waals surface area contributed by atoms with Crippen LogP contribution in [0.1, 0.15) is 57.0 Å². The van der Waals surface area contributed by atoms with Crippen LogP contribution in [0.25, 0.3) is 27.8 Å². The number of fused-ring (bicyclic) bond motifs is 1. The predicted molar refractivity (Wildman–Crippen MR) is 212 cm³/mol. The van der Waals surface area contributed by atoms with Gasteiger partial charge in [-0.2, -0.15) is 0 Å². The van der Waals surface area contributed by atoms with Crippen molar-refractivity contribution in [1.29, 1.82) is 0 Å². The molecule has 1 aliphatic heterocycles. The van der Waals surface area contributed by atoms with Gasteiger partial charge in [0.1, 0.15) is 5.82 Å². The van der Waals surface area contributed by atoms with E-state index >= 15 is 0 Å². The molecule has 0 bridgehead atoms. The second-order valence-corrected chi connectivity index (χ2v) is 13.1. The van der Waals surface area contributed by atoms with Crippen LogP contribution in [0.15, 0.2) is 162 Å². The number of rotatable bonds is 7. The third-order valence-electron chi connectivity index (χ3n) is 9.17. The number of allylic oxidation sites excluding steroid dienone is 6. The molecule has 0 fully saturated rings. The Hall–Kier alpha value is -5.54. The number of hydrogen-bond acceptors (Lipinski definition) is 3. The van der Waals surface area contributed by atoms with Gasteiger partial charge in [-0.15, -0.1) is 0 Å². The van der Waals surface area contributed by atoms with Crippen LogP contribution < -0.4 is 4.90 Å². The first-order chi connectivity index (χ1) is 23.6. The Balaban J connectivity index is 0.000000595. The molecule has 3 nitrogen and oxygen atoms in total. The van der Waals surface area contributed by atoms with Gasteiger partial charge in [0.15, 0.2) is 0 Å². The Morgan fingerprint density at radius 1 is 0.776 bits per heavy atom. The van der Waals surface area contributed by atoms with E-state index in [0.717, 1.165) is 28.5 Å². The summed E-state index contributed by atoms with van der Waals surface area (Å²) in [6.45, 7) is 23.2.